The standard InChI is InChI=1S/C19H22O3/c1-4-15-9-11-17(18(13-15)21-3)22-19(20)12-10-16-7-5-14(2)6-8-16/h5-9,11,13H,4,10,12H2,1-3H3. The van der Waals surface area contributed by atoms with Crippen LogP contribution in [-0.4, -0.2) is 13.1 Å². The van der Waals surface area contributed by atoms with Crippen molar-refractivity contribution in [2.45, 2.75) is 33.1 Å². The van der Waals surface area contributed by atoms with E-state index in [1.54, 1.807) is 13.2 Å². The lowest BCUT2D eigenvalue weighted by molar-refractivity contribution is -0.134. The molecule has 0 N–H and O–H groups in total. The fraction of sp³-hybridized carbons (Fsp3) is 0.316. The highest BCUT2D eigenvalue weighted by atomic mass is 16.6. The Morgan fingerprint density at radius 2 is 1.68 bits per heavy atom. The Kier molecular flexibility index (Phi) is 5.59. The molecule has 116 valence electrons. The van der Waals surface area contributed by atoms with Gasteiger partial charge >= 0.3 is 5.97 Å². The zero-order valence-electron chi connectivity index (χ0n) is 13.4. The number of hydrogen-bond donors (Lipinski definition) is 0. The molecule has 2 aromatic carbocycles. The first kappa shape index (κ1) is 16.1. The summed E-state index contributed by atoms with van der Waals surface area (Å²) in [6.45, 7) is 4.12. The van der Waals surface area contributed by atoms with Gasteiger partial charge in [-0.2, -0.15) is 0 Å². The second kappa shape index (κ2) is 7.64. The van der Waals surface area contributed by atoms with E-state index in [-0.39, 0.29) is 5.97 Å². The van der Waals surface area contributed by atoms with Gasteiger partial charge in [0, 0.05) is 6.42 Å². The third kappa shape index (κ3) is 4.35. The number of rotatable bonds is 6. The minimum atomic E-state index is -0.247. The molecule has 0 saturated heterocycles. The molecule has 0 aliphatic rings. The van der Waals surface area contributed by atoms with Crippen molar-refractivity contribution in [3.63, 3.8) is 0 Å². The van der Waals surface area contributed by atoms with Gasteiger partial charge in [-0.25, -0.2) is 0 Å². The lowest BCUT2D eigenvalue weighted by Crippen LogP contribution is -2.10. The molecule has 0 atom stereocenters. The van der Waals surface area contributed by atoms with Gasteiger partial charge in [0.15, 0.2) is 11.5 Å². The molecule has 0 unspecified atom stereocenters. The highest BCUT2D eigenvalue weighted by Gasteiger charge is 2.11. The number of methoxy groups -OCH3 is 1. The van der Waals surface area contributed by atoms with Crippen LogP contribution in [0.15, 0.2) is 42.5 Å². The molecule has 0 bridgehead atoms. The summed E-state index contributed by atoms with van der Waals surface area (Å²) in [5.41, 5.74) is 3.50. The van der Waals surface area contributed by atoms with Crippen LogP contribution >= 0.6 is 0 Å². The molecular weight excluding hydrogens is 276 g/mol. The Labute approximate surface area is 131 Å². The number of carbonyl (C=O) groups is 1. The van der Waals surface area contributed by atoms with Crippen LogP contribution in [0.5, 0.6) is 11.5 Å². The highest BCUT2D eigenvalue weighted by Crippen LogP contribution is 2.28. The first-order valence-electron chi connectivity index (χ1n) is 7.55. The zero-order chi connectivity index (χ0) is 15.9. The molecule has 2 rings (SSSR count). The summed E-state index contributed by atoms with van der Waals surface area (Å²) < 4.78 is 10.7. The van der Waals surface area contributed by atoms with Crippen LogP contribution in [0.25, 0.3) is 0 Å². The maximum atomic E-state index is 12.0. The van der Waals surface area contributed by atoms with Crippen molar-refractivity contribution in [2.24, 2.45) is 0 Å². The predicted molar refractivity (Wildman–Crippen MR) is 87.5 cm³/mol. The SMILES string of the molecule is CCc1ccc(OC(=O)CCc2ccc(C)cc2)c(OC)c1. The summed E-state index contributed by atoms with van der Waals surface area (Å²) in [7, 11) is 1.58. The van der Waals surface area contributed by atoms with Gasteiger partial charge in [0.25, 0.3) is 0 Å². The van der Waals surface area contributed by atoms with Gasteiger partial charge in [-0.3, -0.25) is 4.79 Å². The quantitative estimate of drug-likeness (QED) is 0.595. The van der Waals surface area contributed by atoms with Crippen LogP contribution in [0, 0.1) is 6.92 Å². The summed E-state index contributed by atoms with van der Waals surface area (Å²) in [6, 6.07) is 13.8. The smallest absolute Gasteiger partial charge is 0.311 e. The minimum Gasteiger partial charge on any atom is -0.493 e. The Morgan fingerprint density at radius 1 is 1.00 bits per heavy atom. The average molecular weight is 298 g/mol. The first-order valence-corrected chi connectivity index (χ1v) is 7.55. The van der Waals surface area contributed by atoms with E-state index in [1.165, 1.54) is 5.56 Å². The number of hydrogen-bond acceptors (Lipinski definition) is 3. The zero-order valence-corrected chi connectivity index (χ0v) is 13.4. The number of esters is 1. The third-order valence-corrected chi connectivity index (χ3v) is 3.60. The topological polar surface area (TPSA) is 35.5 Å². The number of carbonyl (C=O) groups excluding carboxylic acids is 1. The van der Waals surface area contributed by atoms with Gasteiger partial charge in [0.2, 0.25) is 0 Å². The van der Waals surface area contributed by atoms with E-state index < -0.39 is 0 Å². The molecule has 0 aliphatic carbocycles. The molecule has 0 aromatic heterocycles. The van der Waals surface area contributed by atoms with Crippen molar-refractivity contribution >= 4 is 5.97 Å². The predicted octanol–water partition coefficient (Wildman–Crippen LogP) is 4.10. The van der Waals surface area contributed by atoms with Crippen molar-refractivity contribution in [3.8, 4) is 11.5 Å². The number of benzene rings is 2. The van der Waals surface area contributed by atoms with Gasteiger partial charge in [0.05, 0.1) is 7.11 Å². The van der Waals surface area contributed by atoms with Gasteiger partial charge < -0.3 is 9.47 Å². The summed E-state index contributed by atoms with van der Waals surface area (Å²) in [5, 5.41) is 0. The fourth-order valence-corrected chi connectivity index (χ4v) is 2.19. The first-order chi connectivity index (χ1) is 10.6. The van der Waals surface area contributed by atoms with E-state index in [0.29, 0.717) is 24.3 Å². The summed E-state index contributed by atoms with van der Waals surface area (Å²) in [4.78, 5) is 12.0. The van der Waals surface area contributed by atoms with Gasteiger partial charge in [-0.05, 0) is 43.0 Å². The van der Waals surface area contributed by atoms with Crippen LogP contribution in [0.2, 0.25) is 0 Å². The molecule has 0 fully saturated rings. The minimum absolute atomic E-state index is 0.247. The Bertz CT molecular complexity index is 630. The van der Waals surface area contributed by atoms with Crippen LogP contribution in [0.4, 0.5) is 0 Å². The molecule has 0 amide bonds. The van der Waals surface area contributed by atoms with Crippen molar-refractivity contribution in [1.82, 2.24) is 0 Å². The van der Waals surface area contributed by atoms with E-state index in [2.05, 4.69) is 6.92 Å². The molecular formula is C19H22O3. The Balaban J connectivity index is 1.95. The molecule has 2 aromatic rings. The molecule has 0 aliphatic heterocycles. The van der Waals surface area contributed by atoms with Crippen molar-refractivity contribution in [2.75, 3.05) is 7.11 Å². The molecule has 3 heteroatoms. The fourth-order valence-electron chi connectivity index (χ4n) is 2.19. The lowest BCUT2D eigenvalue weighted by Gasteiger charge is -2.10. The largest absolute Gasteiger partial charge is 0.493 e. The average Bonchev–Trinajstić information content (AvgIpc) is 2.54. The second-order valence-electron chi connectivity index (χ2n) is 5.30. The molecule has 22 heavy (non-hydrogen) atoms. The summed E-state index contributed by atoms with van der Waals surface area (Å²) in [6.07, 6.45) is 1.94. The Hall–Kier alpha value is -2.29. The van der Waals surface area contributed by atoms with Crippen LogP contribution in [0.1, 0.15) is 30.0 Å². The van der Waals surface area contributed by atoms with Gasteiger partial charge in [-0.15, -0.1) is 0 Å². The van der Waals surface area contributed by atoms with Gasteiger partial charge in [-0.1, -0.05) is 42.8 Å². The van der Waals surface area contributed by atoms with Gasteiger partial charge in [0.1, 0.15) is 0 Å². The molecule has 0 saturated carbocycles. The van der Waals surface area contributed by atoms with E-state index in [4.69, 9.17) is 9.47 Å². The van der Waals surface area contributed by atoms with Crippen LogP contribution < -0.4 is 9.47 Å². The number of ether oxygens (including phenoxy) is 2. The summed E-state index contributed by atoms with van der Waals surface area (Å²) >= 11 is 0. The van der Waals surface area contributed by atoms with E-state index in [1.807, 2.05) is 43.3 Å². The van der Waals surface area contributed by atoms with Crippen LogP contribution in [0.3, 0.4) is 0 Å². The van der Waals surface area contributed by atoms with Crippen molar-refractivity contribution < 1.29 is 14.3 Å². The van der Waals surface area contributed by atoms with E-state index >= 15 is 0 Å². The molecule has 0 spiro atoms. The van der Waals surface area contributed by atoms with E-state index in [0.717, 1.165) is 17.5 Å². The molecule has 0 heterocycles. The normalized spacial score (nSPS) is 10.3. The molecule has 0 radical (unpaired) electrons. The molecule has 3 nitrogen and oxygen atoms in total. The monoisotopic (exact) mass is 298 g/mol. The lowest BCUT2D eigenvalue weighted by atomic mass is 10.1. The van der Waals surface area contributed by atoms with Crippen molar-refractivity contribution in [1.29, 1.82) is 0 Å². The highest BCUT2D eigenvalue weighted by molar-refractivity contribution is 5.73. The van der Waals surface area contributed by atoms with Crippen LogP contribution in [-0.2, 0) is 17.6 Å². The van der Waals surface area contributed by atoms with E-state index in [9.17, 15) is 4.79 Å². The Morgan fingerprint density at radius 3 is 2.32 bits per heavy atom. The second-order valence-corrected chi connectivity index (χ2v) is 5.30. The van der Waals surface area contributed by atoms with Crippen molar-refractivity contribution in [3.05, 3.63) is 59.2 Å². The maximum Gasteiger partial charge on any atom is 0.311 e. The maximum absolute atomic E-state index is 12.0. The summed E-state index contributed by atoms with van der Waals surface area (Å²) in [5.74, 6) is 0.833. The number of aryl methyl sites for hydroxylation is 3. The third-order valence-electron chi connectivity index (χ3n) is 3.60.